The molecule has 0 saturated carbocycles. The maximum absolute atomic E-state index is 12.1. The zero-order chi connectivity index (χ0) is 15.3. The van der Waals surface area contributed by atoms with Gasteiger partial charge in [0.05, 0.1) is 0 Å². The van der Waals surface area contributed by atoms with Crippen molar-refractivity contribution in [1.82, 2.24) is 19.9 Å². The smallest absolute Gasteiger partial charge is 0.242 e. The molecule has 1 saturated heterocycles. The molecule has 1 aromatic heterocycles. The topological polar surface area (TPSA) is 91.4 Å². The zero-order valence-electron chi connectivity index (χ0n) is 11.9. The third-order valence-electron chi connectivity index (χ3n) is 3.40. The van der Waals surface area contributed by atoms with E-state index in [2.05, 4.69) is 15.0 Å². The molecule has 1 aromatic rings. The summed E-state index contributed by atoms with van der Waals surface area (Å²) < 4.78 is 26.4. The molecule has 2 rings (SSSR count). The van der Waals surface area contributed by atoms with Crippen molar-refractivity contribution in [1.29, 1.82) is 0 Å². The molecule has 1 atom stereocenters. The predicted molar refractivity (Wildman–Crippen MR) is 78.1 cm³/mol. The Balaban J connectivity index is 1.85. The maximum Gasteiger partial charge on any atom is 0.242 e. The lowest BCUT2D eigenvalue weighted by Gasteiger charge is -2.34. The van der Waals surface area contributed by atoms with Crippen molar-refractivity contribution in [3.8, 4) is 0 Å². The maximum atomic E-state index is 12.1. The number of amides is 1. The second-order valence-corrected chi connectivity index (χ2v) is 6.74. The third kappa shape index (κ3) is 4.23. The van der Waals surface area contributed by atoms with Gasteiger partial charge in [0.2, 0.25) is 15.9 Å². The summed E-state index contributed by atoms with van der Waals surface area (Å²) in [5.74, 6) is -0.0297. The lowest BCUT2D eigenvalue weighted by molar-refractivity contribution is -0.133. The molecule has 1 fully saturated rings. The molecule has 2 heterocycles. The van der Waals surface area contributed by atoms with Crippen LogP contribution in [0.5, 0.6) is 0 Å². The molecule has 1 aliphatic rings. The fourth-order valence-corrected chi connectivity index (χ4v) is 3.23. The van der Waals surface area contributed by atoms with Crippen LogP contribution in [0.15, 0.2) is 29.4 Å². The fraction of sp³-hybridized carbons (Fsp3) is 0.538. The van der Waals surface area contributed by atoms with Crippen molar-refractivity contribution in [2.24, 2.45) is 0 Å². The minimum absolute atomic E-state index is 0.0297. The van der Waals surface area contributed by atoms with Gasteiger partial charge < -0.3 is 10.2 Å². The first-order chi connectivity index (χ1) is 10.0. The number of carbonyl (C=O) groups excluding carboxylic acids is 1. The first-order valence-corrected chi connectivity index (χ1v) is 8.39. The summed E-state index contributed by atoms with van der Waals surface area (Å²) in [5.41, 5.74) is 0. The predicted octanol–water partition coefficient (Wildman–Crippen LogP) is -0.430. The number of carbonyl (C=O) groups is 1. The molecule has 0 aromatic carbocycles. The van der Waals surface area contributed by atoms with Gasteiger partial charge in [0.25, 0.3) is 0 Å². The number of rotatable bonds is 5. The van der Waals surface area contributed by atoms with E-state index in [1.807, 2.05) is 6.92 Å². The van der Waals surface area contributed by atoms with Crippen molar-refractivity contribution in [2.45, 2.75) is 24.3 Å². The number of hydrogen-bond acceptors (Lipinski definition) is 5. The minimum atomic E-state index is -3.60. The van der Waals surface area contributed by atoms with Gasteiger partial charge in [-0.15, -0.1) is 0 Å². The van der Waals surface area contributed by atoms with E-state index in [0.717, 1.165) is 13.1 Å². The SMILES string of the molecule is CC1CNCCN1C(=O)CCNS(=O)(=O)c1cccnc1. The Hall–Kier alpha value is -1.51. The summed E-state index contributed by atoms with van der Waals surface area (Å²) in [7, 11) is -3.60. The van der Waals surface area contributed by atoms with E-state index in [1.54, 1.807) is 11.0 Å². The summed E-state index contributed by atoms with van der Waals surface area (Å²) in [6, 6.07) is 3.17. The van der Waals surface area contributed by atoms with E-state index in [-0.39, 0.29) is 29.8 Å². The Kier molecular flexibility index (Phi) is 5.27. The molecule has 2 N–H and O–H groups in total. The molecule has 8 heteroatoms. The molecule has 1 unspecified atom stereocenters. The van der Waals surface area contributed by atoms with Crippen LogP contribution >= 0.6 is 0 Å². The van der Waals surface area contributed by atoms with Gasteiger partial charge in [0.1, 0.15) is 4.90 Å². The molecular formula is C13H20N4O3S. The molecule has 21 heavy (non-hydrogen) atoms. The lowest BCUT2D eigenvalue weighted by Crippen LogP contribution is -2.52. The monoisotopic (exact) mass is 312 g/mol. The van der Waals surface area contributed by atoms with E-state index in [4.69, 9.17) is 0 Å². The van der Waals surface area contributed by atoms with Gasteiger partial charge in [0.15, 0.2) is 0 Å². The molecule has 116 valence electrons. The summed E-state index contributed by atoms with van der Waals surface area (Å²) in [6.07, 6.45) is 2.95. The summed E-state index contributed by atoms with van der Waals surface area (Å²) in [5, 5.41) is 3.21. The zero-order valence-corrected chi connectivity index (χ0v) is 12.8. The Labute approximate surface area is 124 Å². The van der Waals surface area contributed by atoms with Crippen molar-refractivity contribution in [2.75, 3.05) is 26.2 Å². The van der Waals surface area contributed by atoms with Crippen LogP contribution in [0.3, 0.4) is 0 Å². The second-order valence-electron chi connectivity index (χ2n) is 4.98. The van der Waals surface area contributed by atoms with E-state index < -0.39 is 10.0 Å². The van der Waals surface area contributed by atoms with Crippen LogP contribution < -0.4 is 10.0 Å². The highest BCUT2D eigenvalue weighted by atomic mass is 32.2. The van der Waals surface area contributed by atoms with Gasteiger partial charge in [-0.05, 0) is 19.1 Å². The average molecular weight is 312 g/mol. The molecule has 1 amide bonds. The van der Waals surface area contributed by atoms with Crippen LogP contribution in [0.4, 0.5) is 0 Å². The number of aromatic nitrogens is 1. The van der Waals surface area contributed by atoms with E-state index in [0.29, 0.717) is 6.54 Å². The quantitative estimate of drug-likeness (QED) is 0.770. The number of nitrogens with zero attached hydrogens (tertiary/aromatic N) is 2. The Morgan fingerprint density at radius 1 is 1.57 bits per heavy atom. The van der Waals surface area contributed by atoms with Crippen LogP contribution in [0, 0.1) is 0 Å². The number of nitrogens with one attached hydrogen (secondary N) is 2. The third-order valence-corrected chi connectivity index (χ3v) is 4.84. The van der Waals surface area contributed by atoms with Crippen molar-refractivity contribution >= 4 is 15.9 Å². The van der Waals surface area contributed by atoms with E-state index in [9.17, 15) is 13.2 Å². The van der Waals surface area contributed by atoms with Crippen molar-refractivity contribution < 1.29 is 13.2 Å². The first-order valence-electron chi connectivity index (χ1n) is 6.90. The summed E-state index contributed by atoms with van der Waals surface area (Å²) >= 11 is 0. The molecule has 0 aliphatic carbocycles. The highest BCUT2D eigenvalue weighted by Crippen LogP contribution is 2.07. The molecule has 0 spiro atoms. The highest BCUT2D eigenvalue weighted by Gasteiger charge is 2.23. The summed E-state index contributed by atoms with van der Waals surface area (Å²) in [6.45, 7) is 4.27. The Bertz CT molecular complexity index is 576. The van der Waals surface area contributed by atoms with Crippen LogP contribution in [0.1, 0.15) is 13.3 Å². The molecule has 1 aliphatic heterocycles. The van der Waals surface area contributed by atoms with Crippen LogP contribution in [0.2, 0.25) is 0 Å². The Morgan fingerprint density at radius 2 is 2.38 bits per heavy atom. The fourth-order valence-electron chi connectivity index (χ4n) is 2.24. The van der Waals surface area contributed by atoms with Crippen LogP contribution in [-0.4, -0.2) is 56.4 Å². The second kappa shape index (κ2) is 6.97. The highest BCUT2D eigenvalue weighted by molar-refractivity contribution is 7.89. The molecular weight excluding hydrogens is 292 g/mol. The molecule has 0 bridgehead atoms. The van der Waals surface area contributed by atoms with Crippen LogP contribution in [-0.2, 0) is 14.8 Å². The average Bonchev–Trinajstić information content (AvgIpc) is 2.48. The van der Waals surface area contributed by atoms with E-state index in [1.165, 1.54) is 18.5 Å². The van der Waals surface area contributed by atoms with Gasteiger partial charge >= 0.3 is 0 Å². The van der Waals surface area contributed by atoms with Gasteiger partial charge in [-0.1, -0.05) is 0 Å². The van der Waals surface area contributed by atoms with Gasteiger partial charge in [-0.25, -0.2) is 13.1 Å². The largest absolute Gasteiger partial charge is 0.337 e. The number of sulfonamides is 1. The van der Waals surface area contributed by atoms with Gasteiger partial charge in [0, 0.05) is 51.0 Å². The normalized spacial score (nSPS) is 19.5. The first kappa shape index (κ1) is 15.9. The lowest BCUT2D eigenvalue weighted by atomic mass is 10.2. The van der Waals surface area contributed by atoms with Crippen molar-refractivity contribution in [3.05, 3.63) is 24.5 Å². The number of piperazine rings is 1. The van der Waals surface area contributed by atoms with Crippen molar-refractivity contribution in [3.63, 3.8) is 0 Å². The summed E-state index contributed by atoms with van der Waals surface area (Å²) in [4.78, 5) is 17.7. The Morgan fingerprint density at radius 3 is 3.05 bits per heavy atom. The van der Waals surface area contributed by atoms with Gasteiger partial charge in [-0.3, -0.25) is 9.78 Å². The standard InChI is InChI=1S/C13H20N4O3S/c1-11-9-15-7-8-17(11)13(18)4-6-16-21(19,20)12-3-2-5-14-10-12/h2-3,5,10-11,15-16H,4,6-9H2,1H3. The molecule has 0 radical (unpaired) electrons. The van der Waals surface area contributed by atoms with Crippen LogP contribution in [0.25, 0.3) is 0 Å². The van der Waals surface area contributed by atoms with E-state index >= 15 is 0 Å². The minimum Gasteiger partial charge on any atom is -0.337 e. The number of pyridine rings is 1. The molecule has 7 nitrogen and oxygen atoms in total. The number of hydrogen-bond donors (Lipinski definition) is 2. The van der Waals surface area contributed by atoms with Gasteiger partial charge in [-0.2, -0.15) is 0 Å².